The van der Waals surface area contributed by atoms with Crippen LogP contribution in [0.4, 0.5) is 24.5 Å². The zero-order valence-electron chi connectivity index (χ0n) is 18.1. The van der Waals surface area contributed by atoms with Crippen molar-refractivity contribution in [1.29, 1.82) is 0 Å². The summed E-state index contributed by atoms with van der Waals surface area (Å²) in [5, 5.41) is 2.74. The molecule has 0 spiro atoms. The number of nitrogens with zero attached hydrogens (tertiary/aromatic N) is 1. The Hall–Kier alpha value is -4.27. The van der Waals surface area contributed by atoms with Crippen LogP contribution < -0.4 is 19.7 Å². The fraction of sp³-hybridized carbons (Fsp3) is 0.120. The number of anilines is 2. The zero-order valence-corrected chi connectivity index (χ0v) is 18.1. The summed E-state index contributed by atoms with van der Waals surface area (Å²) in [6, 6.07) is 17.3. The maximum absolute atomic E-state index is 13.5. The number of ether oxygens (including phenoxy) is 2. The number of para-hydroxylation sites is 2. The molecule has 0 bridgehead atoms. The lowest BCUT2D eigenvalue weighted by Crippen LogP contribution is -2.32. The molecule has 2 amide bonds. The first-order chi connectivity index (χ1) is 16.2. The van der Waals surface area contributed by atoms with Gasteiger partial charge in [0.15, 0.2) is 0 Å². The van der Waals surface area contributed by atoms with Crippen molar-refractivity contribution in [3.8, 4) is 11.5 Å². The molecule has 0 fully saturated rings. The van der Waals surface area contributed by atoms with Gasteiger partial charge < -0.3 is 14.8 Å². The van der Waals surface area contributed by atoms with Crippen molar-refractivity contribution in [3.05, 3.63) is 89.6 Å². The minimum Gasteiger partial charge on any atom is -0.497 e. The lowest BCUT2D eigenvalue weighted by Gasteiger charge is -2.18. The normalized spacial score (nSPS) is 14.0. The Labute approximate surface area is 193 Å². The highest BCUT2D eigenvalue weighted by Gasteiger charge is 2.41. The van der Waals surface area contributed by atoms with Crippen LogP contribution in [0.15, 0.2) is 78.5 Å². The van der Waals surface area contributed by atoms with E-state index in [1.165, 1.54) is 26.4 Å². The van der Waals surface area contributed by atoms with E-state index < -0.39 is 23.6 Å². The molecule has 0 radical (unpaired) electrons. The molecule has 1 heterocycles. The second-order valence-corrected chi connectivity index (χ2v) is 7.30. The van der Waals surface area contributed by atoms with E-state index in [-0.39, 0.29) is 22.6 Å². The first kappa shape index (κ1) is 22.9. The number of hydrogen-bond donors (Lipinski definition) is 1. The summed E-state index contributed by atoms with van der Waals surface area (Å²) in [6.45, 7) is 0. The number of alkyl halides is 3. The highest BCUT2D eigenvalue weighted by atomic mass is 19.4. The van der Waals surface area contributed by atoms with Crippen molar-refractivity contribution in [2.24, 2.45) is 0 Å². The minimum absolute atomic E-state index is 0.0102. The molecule has 174 valence electrons. The van der Waals surface area contributed by atoms with E-state index in [4.69, 9.17) is 9.47 Å². The fourth-order valence-electron chi connectivity index (χ4n) is 3.62. The van der Waals surface area contributed by atoms with Crippen LogP contribution in [0, 0.1) is 0 Å². The van der Waals surface area contributed by atoms with Crippen LogP contribution in [0.1, 0.15) is 11.1 Å². The number of benzene rings is 3. The van der Waals surface area contributed by atoms with Crippen LogP contribution in [0.25, 0.3) is 5.57 Å². The van der Waals surface area contributed by atoms with Crippen LogP contribution >= 0.6 is 0 Å². The number of carbonyl (C=O) groups is 2. The lowest BCUT2D eigenvalue weighted by molar-refractivity contribution is -0.137. The summed E-state index contributed by atoms with van der Waals surface area (Å²) in [4.78, 5) is 27.9. The Morgan fingerprint density at radius 3 is 2.18 bits per heavy atom. The summed E-state index contributed by atoms with van der Waals surface area (Å²) in [7, 11) is 2.89. The molecule has 4 rings (SSSR count). The molecule has 0 aromatic heterocycles. The number of nitrogens with one attached hydrogen (secondary N) is 1. The smallest absolute Gasteiger partial charge is 0.416 e. The molecule has 1 aliphatic heterocycles. The number of amides is 2. The van der Waals surface area contributed by atoms with E-state index in [1.54, 1.807) is 48.5 Å². The number of carbonyl (C=O) groups excluding carboxylic acids is 2. The molecule has 0 saturated carbocycles. The SMILES string of the molecule is COc1ccc(C2=C(Nc3cccc(C(F)(F)F)c3)C(=O)N(c3ccccc3OC)C2=O)cc1. The third-order valence-electron chi connectivity index (χ3n) is 5.25. The average molecular weight is 468 g/mol. The largest absolute Gasteiger partial charge is 0.497 e. The molecular formula is C25H19F3N2O4. The van der Waals surface area contributed by atoms with Gasteiger partial charge in [0.25, 0.3) is 11.8 Å². The lowest BCUT2D eigenvalue weighted by atomic mass is 10.0. The van der Waals surface area contributed by atoms with Gasteiger partial charge in [-0.3, -0.25) is 9.59 Å². The zero-order chi connectivity index (χ0) is 24.5. The van der Waals surface area contributed by atoms with Crippen molar-refractivity contribution < 1.29 is 32.2 Å². The Morgan fingerprint density at radius 2 is 1.53 bits per heavy atom. The molecule has 3 aromatic rings. The van der Waals surface area contributed by atoms with Gasteiger partial charge in [-0.05, 0) is 48.0 Å². The molecule has 1 N–H and O–H groups in total. The monoisotopic (exact) mass is 468 g/mol. The predicted octanol–water partition coefficient (Wildman–Crippen LogP) is 5.12. The van der Waals surface area contributed by atoms with Gasteiger partial charge in [-0.15, -0.1) is 0 Å². The van der Waals surface area contributed by atoms with Crippen LogP contribution in [-0.2, 0) is 15.8 Å². The fourth-order valence-corrected chi connectivity index (χ4v) is 3.62. The van der Waals surface area contributed by atoms with E-state index in [1.807, 2.05) is 0 Å². The molecule has 0 atom stereocenters. The Morgan fingerprint density at radius 1 is 0.824 bits per heavy atom. The molecule has 6 nitrogen and oxygen atoms in total. The van der Waals surface area contributed by atoms with E-state index in [0.29, 0.717) is 17.1 Å². The minimum atomic E-state index is -4.57. The number of methoxy groups -OCH3 is 2. The topological polar surface area (TPSA) is 67.9 Å². The van der Waals surface area contributed by atoms with Gasteiger partial charge in [0, 0.05) is 5.69 Å². The second kappa shape index (κ2) is 8.93. The summed E-state index contributed by atoms with van der Waals surface area (Å²) >= 11 is 0. The van der Waals surface area contributed by atoms with Crippen molar-refractivity contribution in [1.82, 2.24) is 0 Å². The van der Waals surface area contributed by atoms with Gasteiger partial charge in [-0.25, -0.2) is 4.90 Å². The van der Waals surface area contributed by atoms with Crippen molar-refractivity contribution in [2.75, 3.05) is 24.4 Å². The molecule has 0 aliphatic carbocycles. The van der Waals surface area contributed by atoms with Crippen LogP contribution in [0.2, 0.25) is 0 Å². The highest BCUT2D eigenvalue weighted by Crippen LogP contribution is 2.38. The molecule has 0 unspecified atom stereocenters. The molecule has 0 saturated heterocycles. The Balaban J connectivity index is 1.83. The summed E-state index contributed by atoms with van der Waals surface area (Å²) in [6.07, 6.45) is -4.57. The molecule has 34 heavy (non-hydrogen) atoms. The van der Waals surface area contributed by atoms with Crippen LogP contribution in [-0.4, -0.2) is 26.0 Å². The number of rotatable bonds is 6. The molecule has 9 heteroatoms. The maximum atomic E-state index is 13.5. The molecule has 3 aromatic carbocycles. The maximum Gasteiger partial charge on any atom is 0.416 e. The van der Waals surface area contributed by atoms with Crippen LogP contribution in [0.5, 0.6) is 11.5 Å². The summed E-state index contributed by atoms with van der Waals surface area (Å²) in [5.74, 6) is -0.541. The van der Waals surface area contributed by atoms with Gasteiger partial charge >= 0.3 is 6.18 Å². The van der Waals surface area contributed by atoms with E-state index in [2.05, 4.69) is 5.32 Å². The van der Waals surface area contributed by atoms with Gasteiger partial charge in [0.2, 0.25) is 0 Å². The molecule has 1 aliphatic rings. The standard InChI is InChI=1S/C25H19F3N2O4/c1-33-18-12-10-15(11-13-18)21-22(29-17-7-5-6-16(14-17)25(26,27)28)24(32)30(23(21)31)19-8-3-4-9-20(19)34-2/h3-14,29H,1-2H3. The van der Waals surface area contributed by atoms with Crippen molar-refractivity contribution in [2.45, 2.75) is 6.18 Å². The number of hydrogen-bond acceptors (Lipinski definition) is 5. The van der Waals surface area contributed by atoms with Gasteiger partial charge in [-0.1, -0.05) is 30.3 Å². The average Bonchev–Trinajstić information content (AvgIpc) is 3.07. The first-order valence-corrected chi connectivity index (χ1v) is 10.1. The summed E-state index contributed by atoms with van der Waals surface area (Å²) < 4.78 is 50.1. The van der Waals surface area contributed by atoms with Gasteiger partial charge in [0.05, 0.1) is 31.0 Å². The Kier molecular flexibility index (Phi) is 6.02. The second-order valence-electron chi connectivity index (χ2n) is 7.30. The quantitative estimate of drug-likeness (QED) is 0.509. The van der Waals surface area contributed by atoms with E-state index >= 15 is 0 Å². The van der Waals surface area contributed by atoms with E-state index in [9.17, 15) is 22.8 Å². The third-order valence-corrected chi connectivity index (χ3v) is 5.25. The van der Waals surface area contributed by atoms with Crippen molar-refractivity contribution >= 4 is 28.8 Å². The van der Waals surface area contributed by atoms with Crippen molar-refractivity contribution in [3.63, 3.8) is 0 Å². The first-order valence-electron chi connectivity index (χ1n) is 10.1. The van der Waals surface area contributed by atoms with E-state index in [0.717, 1.165) is 17.0 Å². The molecular weight excluding hydrogens is 449 g/mol. The van der Waals surface area contributed by atoms with Crippen LogP contribution in [0.3, 0.4) is 0 Å². The highest BCUT2D eigenvalue weighted by molar-refractivity contribution is 6.46. The third kappa shape index (κ3) is 4.19. The summed E-state index contributed by atoms with van der Waals surface area (Å²) in [5.41, 5.74) is -0.407. The predicted molar refractivity (Wildman–Crippen MR) is 120 cm³/mol. The van der Waals surface area contributed by atoms with Gasteiger partial charge in [-0.2, -0.15) is 13.2 Å². The Bertz CT molecular complexity index is 1280. The van der Waals surface area contributed by atoms with Gasteiger partial charge in [0.1, 0.15) is 17.2 Å². The number of imide groups is 1. The number of halogens is 3.